The van der Waals surface area contributed by atoms with Gasteiger partial charge in [0.25, 0.3) is 5.97 Å². The summed E-state index contributed by atoms with van der Waals surface area (Å²) in [5, 5.41) is 8.57. The van der Waals surface area contributed by atoms with Crippen molar-refractivity contribution in [2.75, 3.05) is 0 Å². The van der Waals surface area contributed by atoms with E-state index in [0.29, 0.717) is 0 Å². The summed E-state index contributed by atoms with van der Waals surface area (Å²) in [6, 6.07) is 11.1. The number of carboxylic acids is 1. The van der Waals surface area contributed by atoms with Crippen LogP contribution in [0.3, 0.4) is 0 Å². The number of carboxylic acid groups (broad SMARTS) is 1. The summed E-state index contributed by atoms with van der Waals surface area (Å²) in [7, 11) is 0. The smallest absolute Gasteiger partial charge is 0.300 e. The number of aromatic amines is 1. The van der Waals surface area contributed by atoms with Gasteiger partial charge in [-0.1, -0.05) is 23.8 Å². The molecule has 0 spiro atoms. The third-order valence-electron chi connectivity index (χ3n) is 1.38. The third kappa shape index (κ3) is 4.22. The SMILES string of the molecule is CC(=O)O.[Pd].[c-]1c[nH]c2ccccc12. The van der Waals surface area contributed by atoms with Crippen LogP contribution in [0.5, 0.6) is 0 Å². The number of aliphatic carboxylic acids is 1. The van der Waals surface area contributed by atoms with E-state index in [0.717, 1.165) is 17.8 Å². The van der Waals surface area contributed by atoms with Crippen molar-refractivity contribution in [1.82, 2.24) is 4.98 Å². The summed E-state index contributed by atoms with van der Waals surface area (Å²) in [4.78, 5) is 12.1. The van der Waals surface area contributed by atoms with Crippen molar-refractivity contribution in [3.05, 3.63) is 36.5 Å². The Kier molecular flexibility index (Phi) is 5.86. The van der Waals surface area contributed by atoms with E-state index in [1.165, 1.54) is 0 Å². The maximum atomic E-state index is 9.00. The van der Waals surface area contributed by atoms with Crippen molar-refractivity contribution in [2.24, 2.45) is 0 Å². The minimum atomic E-state index is -0.833. The van der Waals surface area contributed by atoms with Crippen molar-refractivity contribution in [1.29, 1.82) is 0 Å². The van der Waals surface area contributed by atoms with E-state index in [-0.39, 0.29) is 20.4 Å². The largest absolute Gasteiger partial charge is 0.481 e. The molecule has 0 aliphatic carbocycles. The summed E-state index contributed by atoms with van der Waals surface area (Å²) in [5.74, 6) is -0.833. The Balaban J connectivity index is 0.000000299. The molecule has 4 heteroatoms. The molecule has 0 bridgehead atoms. The van der Waals surface area contributed by atoms with Gasteiger partial charge in [-0.3, -0.25) is 4.79 Å². The molecule has 0 aliphatic rings. The monoisotopic (exact) mass is 282 g/mol. The molecule has 78 valence electrons. The van der Waals surface area contributed by atoms with Crippen LogP contribution < -0.4 is 0 Å². The number of aromatic nitrogens is 1. The van der Waals surface area contributed by atoms with Crippen molar-refractivity contribution < 1.29 is 30.3 Å². The van der Waals surface area contributed by atoms with Gasteiger partial charge >= 0.3 is 0 Å². The van der Waals surface area contributed by atoms with E-state index in [9.17, 15) is 0 Å². The van der Waals surface area contributed by atoms with Crippen LogP contribution in [0.15, 0.2) is 30.5 Å². The normalized spacial score (nSPS) is 8.36. The molecule has 0 amide bonds. The van der Waals surface area contributed by atoms with Crippen LogP contribution >= 0.6 is 0 Å². The average molecular weight is 283 g/mol. The van der Waals surface area contributed by atoms with E-state index < -0.39 is 5.97 Å². The molecule has 0 unspecified atom stereocenters. The molecule has 1 aromatic carbocycles. The molecule has 0 saturated heterocycles. The number of para-hydroxylation sites is 1. The summed E-state index contributed by atoms with van der Waals surface area (Å²) in [5.41, 5.74) is 1.15. The minimum Gasteiger partial charge on any atom is -0.481 e. The van der Waals surface area contributed by atoms with E-state index >= 15 is 0 Å². The number of carbonyl (C=O) groups is 1. The first-order valence-corrected chi connectivity index (χ1v) is 3.83. The van der Waals surface area contributed by atoms with Crippen LogP contribution in [0.1, 0.15) is 6.92 Å². The molecule has 0 atom stereocenters. The van der Waals surface area contributed by atoms with Crippen LogP contribution in [0.4, 0.5) is 0 Å². The minimum absolute atomic E-state index is 0. The predicted molar refractivity (Wildman–Crippen MR) is 50.4 cm³/mol. The molecule has 14 heavy (non-hydrogen) atoms. The Morgan fingerprint density at radius 3 is 2.57 bits per heavy atom. The molecular formula is C10H10NO2Pd-. The van der Waals surface area contributed by atoms with Gasteiger partial charge in [-0.15, -0.1) is 6.07 Å². The van der Waals surface area contributed by atoms with Gasteiger partial charge < -0.3 is 10.1 Å². The third-order valence-corrected chi connectivity index (χ3v) is 1.38. The maximum Gasteiger partial charge on any atom is 0.300 e. The van der Waals surface area contributed by atoms with Crippen molar-refractivity contribution in [2.45, 2.75) is 6.92 Å². The van der Waals surface area contributed by atoms with Gasteiger partial charge in [0, 0.05) is 27.3 Å². The molecular weight excluding hydrogens is 273 g/mol. The fraction of sp³-hybridized carbons (Fsp3) is 0.100. The Bertz CT molecular complexity index is 363. The number of fused-ring (bicyclic) bond motifs is 1. The Morgan fingerprint density at radius 2 is 2.00 bits per heavy atom. The van der Waals surface area contributed by atoms with E-state index in [2.05, 4.69) is 11.1 Å². The molecule has 2 N–H and O–H groups in total. The quantitative estimate of drug-likeness (QED) is 0.574. The molecule has 2 aromatic rings. The van der Waals surface area contributed by atoms with Gasteiger partial charge in [-0.2, -0.15) is 17.5 Å². The van der Waals surface area contributed by atoms with Crippen molar-refractivity contribution >= 4 is 16.9 Å². The molecule has 0 aliphatic heterocycles. The fourth-order valence-electron chi connectivity index (χ4n) is 0.926. The maximum absolute atomic E-state index is 9.00. The number of nitrogens with one attached hydrogen (secondary N) is 1. The molecule has 2 rings (SSSR count). The zero-order chi connectivity index (χ0) is 9.68. The summed E-state index contributed by atoms with van der Waals surface area (Å²) < 4.78 is 0. The van der Waals surface area contributed by atoms with E-state index in [1.54, 1.807) is 0 Å². The molecule has 0 radical (unpaired) electrons. The number of hydrogen-bond donors (Lipinski definition) is 2. The predicted octanol–water partition coefficient (Wildman–Crippen LogP) is 2.06. The first-order valence-electron chi connectivity index (χ1n) is 3.83. The number of H-pyrrole nitrogens is 1. The van der Waals surface area contributed by atoms with Crippen LogP contribution in [-0.4, -0.2) is 16.1 Å². The number of hydrogen-bond acceptors (Lipinski definition) is 1. The van der Waals surface area contributed by atoms with Gasteiger partial charge in [0.05, 0.1) is 0 Å². The Morgan fingerprint density at radius 1 is 1.43 bits per heavy atom. The Labute approximate surface area is 95.8 Å². The van der Waals surface area contributed by atoms with E-state index in [1.807, 2.05) is 30.5 Å². The molecule has 0 saturated carbocycles. The van der Waals surface area contributed by atoms with Crippen molar-refractivity contribution in [3.8, 4) is 0 Å². The second kappa shape index (κ2) is 6.36. The van der Waals surface area contributed by atoms with Crippen LogP contribution in [0.2, 0.25) is 0 Å². The van der Waals surface area contributed by atoms with Crippen LogP contribution in [0, 0.1) is 6.07 Å². The number of benzene rings is 1. The molecule has 3 nitrogen and oxygen atoms in total. The van der Waals surface area contributed by atoms with Gasteiger partial charge in [0.2, 0.25) is 0 Å². The second-order valence-electron chi connectivity index (χ2n) is 2.50. The van der Waals surface area contributed by atoms with Gasteiger partial charge in [-0.25, -0.2) is 0 Å². The van der Waals surface area contributed by atoms with Gasteiger partial charge in [-0.05, 0) is 0 Å². The molecule has 1 aromatic heterocycles. The van der Waals surface area contributed by atoms with Crippen LogP contribution in [-0.2, 0) is 25.2 Å². The van der Waals surface area contributed by atoms with Crippen molar-refractivity contribution in [3.63, 3.8) is 0 Å². The van der Waals surface area contributed by atoms with Crippen LogP contribution in [0.25, 0.3) is 10.9 Å². The molecule has 1 heterocycles. The summed E-state index contributed by atoms with van der Waals surface area (Å²) in [6.45, 7) is 1.08. The summed E-state index contributed by atoms with van der Waals surface area (Å²) >= 11 is 0. The van der Waals surface area contributed by atoms with Gasteiger partial charge in [0.15, 0.2) is 0 Å². The topological polar surface area (TPSA) is 53.1 Å². The fourth-order valence-corrected chi connectivity index (χ4v) is 0.926. The van der Waals surface area contributed by atoms with Gasteiger partial charge in [0.1, 0.15) is 0 Å². The zero-order valence-electron chi connectivity index (χ0n) is 7.56. The van der Waals surface area contributed by atoms with E-state index in [4.69, 9.17) is 9.90 Å². The second-order valence-corrected chi connectivity index (χ2v) is 2.50. The molecule has 0 fully saturated rings. The average Bonchev–Trinajstić information content (AvgIpc) is 2.49. The number of rotatable bonds is 0. The zero-order valence-corrected chi connectivity index (χ0v) is 9.11. The first-order chi connectivity index (χ1) is 6.20. The standard InChI is InChI=1S/C8H6N.C2H4O2.Pd/c1-2-4-8-7(3-1)5-6-9-8;1-2(3)4;/h1-4,6,9H;1H3,(H,3,4);/q-1;;. The Hall–Kier alpha value is -1.11. The first kappa shape index (κ1) is 12.9. The summed E-state index contributed by atoms with van der Waals surface area (Å²) in [6.07, 6.45) is 1.82.